The molecule has 3 nitrogen and oxygen atoms in total. The molecular weight excluding hydrogens is 166 g/mol. The van der Waals surface area contributed by atoms with Crippen molar-refractivity contribution in [2.24, 2.45) is 5.73 Å². The Morgan fingerprint density at radius 1 is 1.38 bits per heavy atom. The summed E-state index contributed by atoms with van der Waals surface area (Å²) in [4.78, 5) is 0. The molecule has 1 aromatic carbocycles. The number of hydrogen-bond acceptors (Lipinski definition) is 3. The van der Waals surface area contributed by atoms with E-state index in [-0.39, 0.29) is 0 Å². The summed E-state index contributed by atoms with van der Waals surface area (Å²) < 4.78 is 10.3. The predicted octanol–water partition coefficient (Wildman–Crippen LogP) is 2.04. The Balaban J connectivity index is 2.57. The molecule has 0 fully saturated rings. The Bertz CT molecular complexity index is 408. The van der Waals surface area contributed by atoms with Gasteiger partial charge in [-0.2, -0.15) is 0 Å². The maximum Gasteiger partial charge on any atom is 0.135 e. The van der Waals surface area contributed by atoms with Crippen molar-refractivity contribution in [3.63, 3.8) is 0 Å². The lowest BCUT2D eigenvalue weighted by Crippen LogP contribution is -2.11. The van der Waals surface area contributed by atoms with Crippen LogP contribution in [0.2, 0.25) is 0 Å². The molecule has 1 aromatic heterocycles. The van der Waals surface area contributed by atoms with Crippen molar-refractivity contribution in [3.05, 3.63) is 36.1 Å². The molecule has 0 bridgehead atoms. The highest BCUT2D eigenvalue weighted by Gasteiger charge is 2.11. The number of ether oxygens (including phenoxy) is 1. The van der Waals surface area contributed by atoms with Crippen LogP contribution in [0.1, 0.15) is 11.8 Å². The maximum absolute atomic E-state index is 5.72. The standard InChI is InChI=1S/C10H11NO2/c1-12-10(11)8-6-13-9-5-3-2-4-7(8)9/h2-6,10H,11H2,1H3. The summed E-state index contributed by atoms with van der Waals surface area (Å²) in [6.07, 6.45) is 1.22. The molecule has 1 atom stereocenters. The molecule has 0 aliphatic rings. The van der Waals surface area contributed by atoms with E-state index in [0.717, 1.165) is 16.5 Å². The van der Waals surface area contributed by atoms with Crippen LogP contribution >= 0.6 is 0 Å². The normalized spacial score (nSPS) is 13.4. The first-order chi connectivity index (χ1) is 6.33. The second kappa shape index (κ2) is 3.20. The van der Waals surface area contributed by atoms with Crippen molar-refractivity contribution >= 4 is 11.0 Å². The summed E-state index contributed by atoms with van der Waals surface area (Å²) in [7, 11) is 1.58. The van der Waals surface area contributed by atoms with E-state index >= 15 is 0 Å². The zero-order valence-electron chi connectivity index (χ0n) is 7.36. The van der Waals surface area contributed by atoms with Gasteiger partial charge in [0, 0.05) is 18.1 Å². The van der Waals surface area contributed by atoms with Crippen LogP contribution in [-0.2, 0) is 4.74 Å². The van der Waals surface area contributed by atoms with Crippen LogP contribution in [0.3, 0.4) is 0 Å². The van der Waals surface area contributed by atoms with Crippen molar-refractivity contribution in [2.45, 2.75) is 6.23 Å². The van der Waals surface area contributed by atoms with Crippen LogP contribution in [0.4, 0.5) is 0 Å². The molecule has 2 N–H and O–H groups in total. The average molecular weight is 177 g/mol. The van der Waals surface area contributed by atoms with Gasteiger partial charge in [-0.05, 0) is 6.07 Å². The van der Waals surface area contributed by atoms with Gasteiger partial charge in [-0.15, -0.1) is 0 Å². The predicted molar refractivity (Wildman–Crippen MR) is 50.2 cm³/mol. The Morgan fingerprint density at radius 3 is 2.92 bits per heavy atom. The lowest BCUT2D eigenvalue weighted by molar-refractivity contribution is 0.110. The van der Waals surface area contributed by atoms with Gasteiger partial charge in [-0.1, -0.05) is 18.2 Å². The van der Waals surface area contributed by atoms with Crippen LogP contribution in [0.15, 0.2) is 34.9 Å². The molecule has 0 saturated carbocycles. The number of rotatable bonds is 2. The third-order valence-corrected chi connectivity index (χ3v) is 2.07. The number of para-hydroxylation sites is 1. The van der Waals surface area contributed by atoms with Gasteiger partial charge in [0.05, 0.1) is 6.26 Å². The molecule has 68 valence electrons. The molecule has 2 rings (SSSR count). The van der Waals surface area contributed by atoms with Crippen LogP contribution in [-0.4, -0.2) is 7.11 Å². The number of furan rings is 1. The van der Waals surface area contributed by atoms with Gasteiger partial charge < -0.3 is 14.9 Å². The highest BCUT2D eigenvalue weighted by molar-refractivity contribution is 5.81. The van der Waals surface area contributed by atoms with Gasteiger partial charge in [0.2, 0.25) is 0 Å². The monoisotopic (exact) mass is 177 g/mol. The summed E-state index contributed by atoms with van der Waals surface area (Å²) >= 11 is 0. The Labute approximate surface area is 76.1 Å². The minimum absolute atomic E-state index is 0.413. The van der Waals surface area contributed by atoms with Crippen LogP contribution in [0.25, 0.3) is 11.0 Å². The van der Waals surface area contributed by atoms with Crippen LogP contribution in [0.5, 0.6) is 0 Å². The molecule has 13 heavy (non-hydrogen) atoms. The molecule has 0 amide bonds. The molecular formula is C10H11NO2. The van der Waals surface area contributed by atoms with E-state index < -0.39 is 6.23 Å². The Morgan fingerprint density at radius 2 is 2.15 bits per heavy atom. The van der Waals surface area contributed by atoms with Gasteiger partial charge in [-0.25, -0.2) is 0 Å². The Kier molecular flexibility index (Phi) is 2.04. The van der Waals surface area contributed by atoms with Gasteiger partial charge in [-0.3, -0.25) is 0 Å². The lowest BCUT2D eigenvalue weighted by Gasteiger charge is -2.06. The fraction of sp³-hybridized carbons (Fsp3) is 0.200. The van der Waals surface area contributed by atoms with E-state index in [1.807, 2.05) is 24.3 Å². The first-order valence-electron chi connectivity index (χ1n) is 4.07. The number of methoxy groups -OCH3 is 1. The summed E-state index contributed by atoms with van der Waals surface area (Å²) in [5.41, 5.74) is 7.45. The van der Waals surface area contributed by atoms with E-state index in [0.29, 0.717) is 0 Å². The van der Waals surface area contributed by atoms with Crippen molar-refractivity contribution in [2.75, 3.05) is 7.11 Å². The van der Waals surface area contributed by atoms with Gasteiger partial charge in [0.1, 0.15) is 11.8 Å². The fourth-order valence-corrected chi connectivity index (χ4v) is 1.35. The molecule has 3 heteroatoms. The largest absolute Gasteiger partial charge is 0.464 e. The fourth-order valence-electron chi connectivity index (χ4n) is 1.35. The molecule has 1 unspecified atom stereocenters. The molecule has 0 aliphatic carbocycles. The second-order valence-electron chi connectivity index (χ2n) is 2.84. The molecule has 2 aromatic rings. The number of nitrogens with two attached hydrogens (primary N) is 1. The van der Waals surface area contributed by atoms with Crippen LogP contribution < -0.4 is 5.73 Å². The highest BCUT2D eigenvalue weighted by atomic mass is 16.5. The Hall–Kier alpha value is -1.32. The summed E-state index contributed by atoms with van der Waals surface area (Å²) in [5, 5.41) is 1.01. The number of hydrogen-bond donors (Lipinski definition) is 1. The van der Waals surface area contributed by atoms with Crippen molar-refractivity contribution in [1.82, 2.24) is 0 Å². The van der Waals surface area contributed by atoms with E-state index in [2.05, 4.69) is 0 Å². The summed E-state index contributed by atoms with van der Waals surface area (Å²) in [6, 6.07) is 7.74. The lowest BCUT2D eigenvalue weighted by atomic mass is 10.1. The quantitative estimate of drug-likeness (QED) is 0.714. The van der Waals surface area contributed by atoms with E-state index in [9.17, 15) is 0 Å². The minimum Gasteiger partial charge on any atom is -0.464 e. The molecule has 0 aliphatic heterocycles. The maximum atomic E-state index is 5.72. The molecule has 0 spiro atoms. The summed E-state index contributed by atoms with van der Waals surface area (Å²) in [6.45, 7) is 0. The van der Waals surface area contributed by atoms with E-state index in [1.54, 1.807) is 13.4 Å². The van der Waals surface area contributed by atoms with Crippen molar-refractivity contribution < 1.29 is 9.15 Å². The highest BCUT2D eigenvalue weighted by Crippen LogP contribution is 2.24. The average Bonchev–Trinajstić information content (AvgIpc) is 2.60. The smallest absolute Gasteiger partial charge is 0.135 e. The zero-order chi connectivity index (χ0) is 9.26. The molecule has 1 heterocycles. The van der Waals surface area contributed by atoms with Crippen LogP contribution in [0, 0.1) is 0 Å². The van der Waals surface area contributed by atoms with Gasteiger partial charge in [0.25, 0.3) is 0 Å². The minimum atomic E-state index is -0.413. The topological polar surface area (TPSA) is 48.4 Å². The SMILES string of the molecule is COC(N)c1coc2ccccc12. The third kappa shape index (κ3) is 1.32. The van der Waals surface area contributed by atoms with E-state index in [1.165, 1.54) is 0 Å². The number of benzene rings is 1. The third-order valence-electron chi connectivity index (χ3n) is 2.07. The second-order valence-corrected chi connectivity index (χ2v) is 2.84. The van der Waals surface area contributed by atoms with E-state index in [4.69, 9.17) is 14.9 Å². The first kappa shape index (κ1) is 8.29. The zero-order valence-corrected chi connectivity index (χ0v) is 7.36. The van der Waals surface area contributed by atoms with Gasteiger partial charge >= 0.3 is 0 Å². The molecule has 0 saturated heterocycles. The van der Waals surface area contributed by atoms with Crippen molar-refractivity contribution in [3.8, 4) is 0 Å². The first-order valence-corrected chi connectivity index (χ1v) is 4.07. The number of fused-ring (bicyclic) bond motifs is 1. The molecule has 0 radical (unpaired) electrons. The van der Waals surface area contributed by atoms with Gasteiger partial charge in [0.15, 0.2) is 0 Å². The van der Waals surface area contributed by atoms with Crippen molar-refractivity contribution in [1.29, 1.82) is 0 Å². The summed E-state index contributed by atoms with van der Waals surface area (Å²) in [5.74, 6) is 0.